The molecule has 0 aliphatic carbocycles. The maximum Gasteiger partial charge on any atom is 0.238 e. The third-order valence-electron chi connectivity index (χ3n) is 2.98. The average Bonchev–Trinajstić information content (AvgIpc) is 2.19. The minimum absolute atomic E-state index is 0.157. The predicted octanol–water partition coefficient (Wildman–Crippen LogP) is 1.32. The van der Waals surface area contributed by atoms with E-state index in [-0.39, 0.29) is 18.1 Å². The summed E-state index contributed by atoms with van der Waals surface area (Å²) >= 11 is 5.64. The molecule has 0 saturated carbocycles. The summed E-state index contributed by atoms with van der Waals surface area (Å²) in [4.78, 5) is 13.7. The molecule has 1 heterocycles. The van der Waals surface area contributed by atoms with Gasteiger partial charge in [-0.05, 0) is 25.2 Å². The molecule has 1 aliphatic heterocycles. The molecule has 1 fully saturated rings. The molecular formula is C12H15ClFN3O. The number of hydrogen-bond donors (Lipinski definition) is 2. The number of anilines is 1. The van der Waals surface area contributed by atoms with Crippen LogP contribution in [0.1, 0.15) is 0 Å². The molecule has 1 aromatic carbocycles. The van der Waals surface area contributed by atoms with E-state index in [2.05, 4.69) is 10.6 Å². The van der Waals surface area contributed by atoms with Crippen LogP contribution in [0.2, 0.25) is 5.02 Å². The first-order chi connectivity index (χ1) is 8.56. The van der Waals surface area contributed by atoms with Crippen LogP contribution >= 0.6 is 11.6 Å². The zero-order valence-corrected chi connectivity index (χ0v) is 10.8. The fourth-order valence-corrected chi connectivity index (χ4v) is 1.88. The average molecular weight is 272 g/mol. The van der Waals surface area contributed by atoms with Crippen LogP contribution in [0, 0.1) is 5.82 Å². The molecular weight excluding hydrogens is 257 g/mol. The Labute approximate surface area is 110 Å². The van der Waals surface area contributed by atoms with Crippen LogP contribution in [0.3, 0.4) is 0 Å². The molecule has 98 valence electrons. The Bertz CT molecular complexity index is 451. The molecule has 0 aromatic heterocycles. The van der Waals surface area contributed by atoms with E-state index < -0.39 is 5.82 Å². The van der Waals surface area contributed by atoms with Gasteiger partial charge >= 0.3 is 0 Å². The van der Waals surface area contributed by atoms with Gasteiger partial charge in [0.25, 0.3) is 0 Å². The quantitative estimate of drug-likeness (QED) is 0.868. The zero-order chi connectivity index (χ0) is 13.1. The molecule has 6 heteroatoms. The second-order valence-corrected chi connectivity index (χ2v) is 4.84. The first-order valence-corrected chi connectivity index (χ1v) is 6.10. The first kappa shape index (κ1) is 13.3. The lowest BCUT2D eigenvalue weighted by Gasteiger charge is -2.35. The number of amides is 1. The highest BCUT2D eigenvalue weighted by atomic mass is 35.5. The van der Waals surface area contributed by atoms with E-state index in [4.69, 9.17) is 11.6 Å². The van der Waals surface area contributed by atoms with E-state index in [9.17, 15) is 9.18 Å². The number of carbonyl (C=O) groups is 1. The molecule has 0 atom stereocenters. The van der Waals surface area contributed by atoms with Crippen LogP contribution in [0.4, 0.5) is 10.1 Å². The standard InChI is InChI=1S/C12H15ClFN3O/c1-17(9-5-15-6-9)7-12(18)16-11-3-2-8(13)4-10(11)14/h2-4,9,15H,5-7H2,1H3,(H,16,18). The zero-order valence-electron chi connectivity index (χ0n) is 10.0. The van der Waals surface area contributed by atoms with Crippen molar-refractivity contribution < 1.29 is 9.18 Å². The normalized spacial score (nSPS) is 15.6. The van der Waals surface area contributed by atoms with E-state index in [0.717, 1.165) is 13.1 Å². The third kappa shape index (κ3) is 3.19. The van der Waals surface area contributed by atoms with Crippen LogP contribution in [0.15, 0.2) is 18.2 Å². The smallest absolute Gasteiger partial charge is 0.238 e. The van der Waals surface area contributed by atoms with Crippen LogP contribution < -0.4 is 10.6 Å². The summed E-state index contributed by atoms with van der Waals surface area (Å²) in [5.74, 6) is -0.755. The van der Waals surface area contributed by atoms with Gasteiger partial charge in [-0.3, -0.25) is 9.69 Å². The van der Waals surface area contributed by atoms with Gasteiger partial charge in [0, 0.05) is 24.2 Å². The second-order valence-electron chi connectivity index (χ2n) is 4.40. The Morgan fingerprint density at radius 2 is 2.33 bits per heavy atom. The topological polar surface area (TPSA) is 44.4 Å². The number of likely N-dealkylation sites (N-methyl/N-ethyl adjacent to an activating group) is 1. The molecule has 1 amide bonds. The van der Waals surface area contributed by atoms with Gasteiger partial charge in [0.05, 0.1) is 12.2 Å². The lowest BCUT2D eigenvalue weighted by molar-refractivity contribution is -0.117. The van der Waals surface area contributed by atoms with Crippen molar-refractivity contribution in [3.05, 3.63) is 29.0 Å². The molecule has 2 rings (SSSR count). The summed E-state index contributed by atoms with van der Waals surface area (Å²) in [6, 6.07) is 4.56. The van der Waals surface area contributed by atoms with Crippen molar-refractivity contribution >= 4 is 23.2 Å². The molecule has 1 aromatic rings. The molecule has 0 unspecified atom stereocenters. The monoisotopic (exact) mass is 271 g/mol. The lowest BCUT2D eigenvalue weighted by atomic mass is 10.1. The van der Waals surface area contributed by atoms with Crippen molar-refractivity contribution in [2.45, 2.75) is 6.04 Å². The van der Waals surface area contributed by atoms with Gasteiger partial charge in [0.1, 0.15) is 5.82 Å². The summed E-state index contributed by atoms with van der Waals surface area (Å²) < 4.78 is 13.5. The van der Waals surface area contributed by atoms with E-state index in [1.54, 1.807) is 6.07 Å². The van der Waals surface area contributed by atoms with Gasteiger partial charge in [-0.2, -0.15) is 0 Å². The largest absolute Gasteiger partial charge is 0.322 e. The number of carbonyl (C=O) groups excluding carboxylic acids is 1. The summed E-state index contributed by atoms with van der Waals surface area (Å²) in [6.45, 7) is 2.02. The molecule has 1 saturated heterocycles. The van der Waals surface area contributed by atoms with Gasteiger partial charge in [-0.15, -0.1) is 0 Å². The molecule has 18 heavy (non-hydrogen) atoms. The van der Waals surface area contributed by atoms with E-state index in [0.29, 0.717) is 11.1 Å². The summed E-state index contributed by atoms with van der Waals surface area (Å²) in [7, 11) is 1.88. The Hall–Kier alpha value is -1.17. The maximum absolute atomic E-state index is 13.5. The van der Waals surface area contributed by atoms with Gasteiger partial charge in [0.15, 0.2) is 0 Å². The maximum atomic E-state index is 13.5. The minimum atomic E-state index is -0.524. The summed E-state index contributed by atoms with van der Waals surface area (Å²) in [5, 5.41) is 5.98. The fourth-order valence-electron chi connectivity index (χ4n) is 1.72. The van der Waals surface area contributed by atoms with Gasteiger partial charge in [0.2, 0.25) is 5.91 Å². The number of rotatable bonds is 4. The van der Waals surface area contributed by atoms with Crippen molar-refractivity contribution in [3.63, 3.8) is 0 Å². The molecule has 1 aliphatic rings. The van der Waals surface area contributed by atoms with Crippen molar-refractivity contribution in [3.8, 4) is 0 Å². The fraction of sp³-hybridized carbons (Fsp3) is 0.417. The van der Waals surface area contributed by atoms with E-state index in [1.807, 2.05) is 11.9 Å². The molecule has 0 spiro atoms. The van der Waals surface area contributed by atoms with Crippen molar-refractivity contribution in [1.29, 1.82) is 0 Å². The SMILES string of the molecule is CN(CC(=O)Nc1ccc(Cl)cc1F)C1CNC1. The van der Waals surface area contributed by atoms with Crippen molar-refractivity contribution in [2.75, 3.05) is 32.0 Å². The molecule has 2 N–H and O–H groups in total. The van der Waals surface area contributed by atoms with Crippen LogP contribution in [-0.2, 0) is 4.79 Å². The molecule has 4 nitrogen and oxygen atoms in total. The van der Waals surface area contributed by atoms with E-state index >= 15 is 0 Å². The third-order valence-corrected chi connectivity index (χ3v) is 3.22. The number of halogens is 2. The Morgan fingerprint density at radius 3 is 2.89 bits per heavy atom. The van der Waals surface area contributed by atoms with Crippen LogP contribution in [-0.4, -0.2) is 43.5 Å². The molecule has 0 radical (unpaired) electrons. The number of nitrogens with zero attached hydrogens (tertiary/aromatic N) is 1. The minimum Gasteiger partial charge on any atom is -0.322 e. The molecule has 0 bridgehead atoms. The van der Waals surface area contributed by atoms with Crippen LogP contribution in [0.25, 0.3) is 0 Å². The number of hydrogen-bond acceptors (Lipinski definition) is 3. The first-order valence-electron chi connectivity index (χ1n) is 5.72. The van der Waals surface area contributed by atoms with E-state index in [1.165, 1.54) is 12.1 Å². The van der Waals surface area contributed by atoms with Crippen LogP contribution in [0.5, 0.6) is 0 Å². The number of nitrogens with one attached hydrogen (secondary N) is 2. The second kappa shape index (κ2) is 5.65. The van der Waals surface area contributed by atoms with Gasteiger partial charge in [-0.25, -0.2) is 4.39 Å². The highest BCUT2D eigenvalue weighted by molar-refractivity contribution is 6.30. The summed E-state index contributed by atoms with van der Waals surface area (Å²) in [5.41, 5.74) is 0.157. The van der Waals surface area contributed by atoms with Crippen molar-refractivity contribution in [2.24, 2.45) is 0 Å². The Kier molecular flexibility index (Phi) is 4.16. The lowest BCUT2D eigenvalue weighted by Crippen LogP contribution is -2.57. The summed E-state index contributed by atoms with van der Waals surface area (Å²) in [6.07, 6.45) is 0. The predicted molar refractivity (Wildman–Crippen MR) is 69.3 cm³/mol. The van der Waals surface area contributed by atoms with Crippen molar-refractivity contribution in [1.82, 2.24) is 10.2 Å². The van der Waals surface area contributed by atoms with Gasteiger partial charge < -0.3 is 10.6 Å². The highest BCUT2D eigenvalue weighted by Gasteiger charge is 2.23. The Balaban J connectivity index is 1.90. The highest BCUT2D eigenvalue weighted by Crippen LogP contribution is 2.18. The Morgan fingerprint density at radius 1 is 1.61 bits per heavy atom. The number of benzene rings is 1. The van der Waals surface area contributed by atoms with Gasteiger partial charge in [-0.1, -0.05) is 11.6 Å².